The summed E-state index contributed by atoms with van der Waals surface area (Å²) in [6, 6.07) is 0. The molecule has 0 spiro atoms. The van der Waals surface area contributed by atoms with Gasteiger partial charge in [0.05, 0.1) is 5.60 Å². The van der Waals surface area contributed by atoms with Crippen molar-refractivity contribution in [1.29, 1.82) is 0 Å². The van der Waals surface area contributed by atoms with E-state index in [9.17, 15) is 9.90 Å². The largest absolute Gasteiger partial charge is 0.444 e. The second-order valence-corrected chi connectivity index (χ2v) is 7.37. The van der Waals surface area contributed by atoms with Gasteiger partial charge in [-0.25, -0.2) is 4.79 Å². The molecule has 0 bridgehead atoms. The molecule has 21 heavy (non-hydrogen) atoms. The highest BCUT2D eigenvalue weighted by Crippen LogP contribution is 2.11. The molecule has 5 nitrogen and oxygen atoms in total. The van der Waals surface area contributed by atoms with E-state index in [0.717, 1.165) is 6.54 Å². The molecule has 3 N–H and O–H groups in total. The lowest BCUT2D eigenvalue weighted by Crippen LogP contribution is -2.43. The van der Waals surface area contributed by atoms with Crippen LogP contribution in [0.2, 0.25) is 0 Å². The van der Waals surface area contributed by atoms with Crippen LogP contribution in [0.15, 0.2) is 0 Å². The summed E-state index contributed by atoms with van der Waals surface area (Å²) in [5, 5.41) is 16.1. The molecule has 0 aliphatic heterocycles. The van der Waals surface area contributed by atoms with Crippen molar-refractivity contribution in [3.63, 3.8) is 0 Å². The number of ether oxygens (including phenoxy) is 1. The van der Waals surface area contributed by atoms with E-state index in [4.69, 9.17) is 4.74 Å². The minimum absolute atomic E-state index is 0.296. The van der Waals surface area contributed by atoms with E-state index in [2.05, 4.69) is 24.5 Å². The third-order valence-corrected chi connectivity index (χ3v) is 3.52. The molecule has 2 atom stereocenters. The van der Waals surface area contributed by atoms with Crippen LogP contribution in [0.4, 0.5) is 4.79 Å². The minimum Gasteiger partial charge on any atom is -0.444 e. The number of alkyl carbamates (subject to hydrolysis) is 1. The molecule has 0 aliphatic carbocycles. The van der Waals surface area contributed by atoms with E-state index < -0.39 is 11.2 Å². The zero-order valence-corrected chi connectivity index (χ0v) is 14.7. The van der Waals surface area contributed by atoms with Crippen LogP contribution >= 0.6 is 0 Å². The first kappa shape index (κ1) is 20.2. The highest BCUT2D eigenvalue weighted by Gasteiger charge is 2.21. The van der Waals surface area contributed by atoms with Crippen LogP contribution < -0.4 is 10.6 Å². The topological polar surface area (TPSA) is 70.6 Å². The molecular formula is C16H34N2O3. The molecule has 0 aromatic carbocycles. The van der Waals surface area contributed by atoms with Crippen molar-refractivity contribution in [2.75, 3.05) is 19.6 Å². The fourth-order valence-electron chi connectivity index (χ4n) is 1.72. The van der Waals surface area contributed by atoms with Crippen molar-refractivity contribution in [1.82, 2.24) is 10.6 Å². The van der Waals surface area contributed by atoms with Crippen molar-refractivity contribution in [3.05, 3.63) is 0 Å². The zero-order valence-electron chi connectivity index (χ0n) is 14.7. The molecule has 2 unspecified atom stereocenters. The Morgan fingerprint density at radius 3 is 2.19 bits per heavy atom. The predicted molar refractivity (Wildman–Crippen MR) is 86.3 cm³/mol. The predicted octanol–water partition coefficient (Wildman–Crippen LogP) is 2.53. The van der Waals surface area contributed by atoms with Crippen molar-refractivity contribution >= 4 is 6.09 Å². The van der Waals surface area contributed by atoms with Gasteiger partial charge in [-0.05, 0) is 52.5 Å². The first-order valence-electron chi connectivity index (χ1n) is 7.87. The number of carbonyl (C=O) groups is 1. The Labute approximate surface area is 129 Å². The molecule has 0 fully saturated rings. The lowest BCUT2D eigenvalue weighted by Gasteiger charge is -2.27. The summed E-state index contributed by atoms with van der Waals surface area (Å²) in [5.41, 5.74) is -1.16. The Kier molecular flexibility index (Phi) is 8.26. The van der Waals surface area contributed by atoms with Crippen LogP contribution in [-0.4, -0.2) is 42.0 Å². The summed E-state index contributed by atoms with van der Waals surface area (Å²) in [6.07, 6.45) is 0.330. The Bertz CT molecular complexity index is 309. The highest BCUT2D eigenvalue weighted by molar-refractivity contribution is 5.67. The van der Waals surface area contributed by atoms with Gasteiger partial charge in [-0.3, -0.25) is 0 Å². The molecule has 0 saturated heterocycles. The molecule has 0 heterocycles. The molecule has 5 heteroatoms. The van der Waals surface area contributed by atoms with E-state index in [0.29, 0.717) is 31.3 Å². The van der Waals surface area contributed by atoms with E-state index in [1.54, 1.807) is 0 Å². The summed E-state index contributed by atoms with van der Waals surface area (Å²) in [4.78, 5) is 11.7. The first-order valence-corrected chi connectivity index (χ1v) is 7.87. The standard InChI is InChI=1S/C16H34N2O3/c1-8-16(7,20)11-17-9-13(12(2)3)10-18-14(19)21-15(4,5)6/h12-13,17,20H,8-11H2,1-7H3,(H,18,19). The molecule has 126 valence electrons. The highest BCUT2D eigenvalue weighted by atomic mass is 16.6. The molecule has 0 aromatic heterocycles. The summed E-state index contributed by atoms with van der Waals surface area (Å²) in [5.74, 6) is 0.726. The zero-order chi connectivity index (χ0) is 16.7. The van der Waals surface area contributed by atoms with Gasteiger partial charge in [0.1, 0.15) is 5.60 Å². The maximum absolute atomic E-state index is 11.7. The summed E-state index contributed by atoms with van der Waals surface area (Å²) in [6.45, 7) is 15.5. The van der Waals surface area contributed by atoms with Gasteiger partial charge in [0.25, 0.3) is 0 Å². The smallest absolute Gasteiger partial charge is 0.407 e. The number of hydrogen-bond acceptors (Lipinski definition) is 4. The van der Waals surface area contributed by atoms with Crippen molar-refractivity contribution in [2.45, 2.75) is 66.1 Å². The molecule has 0 aliphatic rings. The van der Waals surface area contributed by atoms with Gasteiger partial charge in [-0.1, -0.05) is 20.8 Å². The van der Waals surface area contributed by atoms with Crippen LogP contribution in [0, 0.1) is 11.8 Å². The monoisotopic (exact) mass is 302 g/mol. The number of hydrogen-bond donors (Lipinski definition) is 3. The quantitative estimate of drug-likeness (QED) is 0.644. The third-order valence-electron chi connectivity index (χ3n) is 3.52. The van der Waals surface area contributed by atoms with Crippen LogP contribution in [0.25, 0.3) is 0 Å². The van der Waals surface area contributed by atoms with Crippen LogP contribution in [0.3, 0.4) is 0 Å². The van der Waals surface area contributed by atoms with Crippen LogP contribution in [-0.2, 0) is 4.74 Å². The molecule has 0 rings (SSSR count). The summed E-state index contributed by atoms with van der Waals surface area (Å²) >= 11 is 0. The van der Waals surface area contributed by atoms with Crippen molar-refractivity contribution in [3.8, 4) is 0 Å². The fraction of sp³-hybridized carbons (Fsp3) is 0.938. The summed E-state index contributed by atoms with van der Waals surface area (Å²) < 4.78 is 5.23. The number of aliphatic hydroxyl groups is 1. The van der Waals surface area contributed by atoms with E-state index in [-0.39, 0.29) is 6.09 Å². The SMILES string of the molecule is CCC(C)(O)CNCC(CNC(=O)OC(C)(C)C)C(C)C. The molecular weight excluding hydrogens is 268 g/mol. The maximum Gasteiger partial charge on any atom is 0.407 e. The van der Waals surface area contributed by atoms with Gasteiger partial charge in [-0.15, -0.1) is 0 Å². The molecule has 0 saturated carbocycles. The molecule has 0 radical (unpaired) electrons. The minimum atomic E-state index is -0.680. The fourth-order valence-corrected chi connectivity index (χ4v) is 1.72. The molecule has 1 amide bonds. The Morgan fingerprint density at radius 1 is 1.19 bits per heavy atom. The van der Waals surface area contributed by atoms with Gasteiger partial charge >= 0.3 is 6.09 Å². The van der Waals surface area contributed by atoms with E-state index in [1.807, 2.05) is 34.6 Å². The van der Waals surface area contributed by atoms with Gasteiger partial charge in [0.15, 0.2) is 0 Å². The Balaban J connectivity index is 4.18. The third kappa shape index (κ3) is 10.5. The maximum atomic E-state index is 11.7. The van der Waals surface area contributed by atoms with E-state index >= 15 is 0 Å². The lowest BCUT2D eigenvalue weighted by molar-refractivity contribution is 0.0489. The number of nitrogens with one attached hydrogen (secondary N) is 2. The van der Waals surface area contributed by atoms with Gasteiger partial charge in [-0.2, -0.15) is 0 Å². The first-order chi connectivity index (χ1) is 9.47. The second kappa shape index (κ2) is 8.59. The average Bonchev–Trinajstić information content (AvgIpc) is 2.30. The lowest BCUT2D eigenvalue weighted by atomic mass is 9.95. The van der Waals surface area contributed by atoms with Crippen molar-refractivity contribution < 1.29 is 14.6 Å². The van der Waals surface area contributed by atoms with E-state index in [1.165, 1.54) is 0 Å². The number of rotatable bonds is 8. The van der Waals surface area contributed by atoms with Crippen molar-refractivity contribution in [2.24, 2.45) is 11.8 Å². The Hall–Kier alpha value is -0.810. The van der Waals surface area contributed by atoms with Crippen LogP contribution in [0.1, 0.15) is 54.9 Å². The van der Waals surface area contributed by atoms with Gasteiger partial charge in [0, 0.05) is 13.1 Å². The average molecular weight is 302 g/mol. The number of amides is 1. The summed E-state index contributed by atoms with van der Waals surface area (Å²) in [7, 11) is 0. The van der Waals surface area contributed by atoms with Gasteiger partial charge < -0.3 is 20.5 Å². The van der Waals surface area contributed by atoms with Crippen LogP contribution in [0.5, 0.6) is 0 Å². The van der Waals surface area contributed by atoms with Gasteiger partial charge in [0.2, 0.25) is 0 Å². The number of carbonyl (C=O) groups excluding carboxylic acids is 1. The second-order valence-electron chi connectivity index (χ2n) is 7.37. The Morgan fingerprint density at radius 2 is 1.76 bits per heavy atom. The molecule has 0 aromatic rings. The normalized spacial score (nSPS) is 16.4.